The third kappa shape index (κ3) is 4.89. The van der Waals surface area contributed by atoms with E-state index in [0.29, 0.717) is 19.8 Å². The molecule has 158 valence electrons. The molecule has 0 aliphatic carbocycles. The molecule has 1 saturated heterocycles. The van der Waals surface area contributed by atoms with E-state index in [-0.39, 0.29) is 6.47 Å². The van der Waals surface area contributed by atoms with Crippen LogP contribution in [0.4, 0.5) is 5.82 Å². The normalized spacial score (nSPS) is 15.5. The van der Waals surface area contributed by atoms with E-state index in [9.17, 15) is 0 Å². The van der Waals surface area contributed by atoms with Crippen LogP contribution in [0.1, 0.15) is 30.4 Å². The number of carbonyl (C=O) groups is 1. The van der Waals surface area contributed by atoms with Crippen LogP contribution >= 0.6 is 0 Å². The maximum Gasteiger partial charge on any atom is 0.290 e. The molecule has 0 bridgehead atoms. The Kier molecular flexibility index (Phi) is 7.48. The average molecular weight is 403 g/mol. The van der Waals surface area contributed by atoms with Crippen LogP contribution in [0.2, 0.25) is 0 Å². The Bertz CT molecular complexity index is 837. The van der Waals surface area contributed by atoms with Gasteiger partial charge in [0.05, 0.1) is 32.4 Å². The van der Waals surface area contributed by atoms with E-state index < -0.39 is 0 Å². The number of aromatic nitrogens is 1. The summed E-state index contributed by atoms with van der Waals surface area (Å²) in [6.45, 7) is 5.20. The predicted octanol–water partition coefficient (Wildman–Crippen LogP) is 2.88. The van der Waals surface area contributed by atoms with Crippen molar-refractivity contribution in [3.05, 3.63) is 23.3 Å². The van der Waals surface area contributed by atoms with Crippen molar-refractivity contribution in [3.63, 3.8) is 0 Å². The van der Waals surface area contributed by atoms with Crippen molar-refractivity contribution in [1.29, 1.82) is 0 Å². The van der Waals surface area contributed by atoms with Crippen molar-refractivity contribution in [2.45, 2.75) is 32.5 Å². The van der Waals surface area contributed by atoms with E-state index in [2.05, 4.69) is 10.2 Å². The van der Waals surface area contributed by atoms with E-state index in [1.165, 1.54) is 31.5 Å². The van der Waals surface area contributed by atoms with Gasteiger partial charge in [-0.2, -0.15) is 0 Å². The number of ether oxygens (including phenoxy) is 3. The van der Waals surface area contributed by atoms with E-state index >= 15 is 0 Å². The molecule has 2 aromatic rings. The van der Waals surface area contributed by atoms with Gasteiger partial charge in [0.15, 0.2) is 11.5 Å². The molecule has 1 aromatic carbocycles. The fraction of sp³-hybridized carbons (Fsp3) is 0.524. The van der Waals surface area contributed by atoms with Gasteiger partial charge >= 0.3 is 0 Å². The third-order valence-corrected chi connectivity index (χ3v) is 5.29. The highest BCUT2D eigenvalue weighted by molar-refractivity contribution is 5.89. The van der Waals surface area contributed by atoms with Gasteiger partial charge in [0.1, 0.15) is 5.82 Å². The van der Waals surface area contributed by atoms with Gasteiger partial charge in [0, 0.05) is 30.6 Å². The number of anilines is 1. The van der Waals surface area contributed by atoms with E-state index in [1.807, 2.05) is 19.2 Å². The zero-order valence-electron chi connectivity index (χ0n) is 17.1. The molecular weight excluding hydrogens is 374 g/mol. The Hall–Kier alpha value is -2.58. The lowest BCUT2D eigenvalue weighted by atomic mass is 10.0. The fourth-order valence-electron chi connectivity index (χ4n) is 3.91. The minimum absolute atomic E-state index is 0.250. The Morgan fingerprint density at radius 1 is 1.24 bits per heavy atom. The highest BCUT2D eigenvalue weighted by Crippen LogP contribution is 2.38. The molecule has 3 heterocycles. The maximum atomic E-state index is 8.36. The number of fused-ring (bicyclic) bond motifs is 3. The SMILES string of the molecule is CNc1nc2cc(OCCCN3CCCC3)c(OC)cc2c2c1COC2.O=CO. The topological polar surface area (TPSA) is 93.2 Å². The van der Waals surface area contributed by atoms with Crippen molar-refractivity contribution >= 4 is 23.2 Å². The standard InChI is InChI=1S/C20H27N3O3.CH2O2/c1-21-20-16-13-25-12-15(16)14-10-18(24-2)19(11-17(14)22-20)26-9-5-8-23-6-3-4-7-23;2-1-3/h10-11H,3-9,12-13H2,1-2H3,(H,21,22);1H,(H,2,3). The van der Waals surface area contributed by atoms with Gasteiger partial charge in [-0.05, 0) is 44.0 Å². The lowest BCUT2D eigenvalue weighted by Crippen LogP contribution is -2.21. The van der Waals surface area contributed by atoms with Crippen LogP contribution in [-0.2, 0) is 22.7 Å². The molecular formula is C21H29N3O5. The van der Waals surface area contributed by atoms with Crippen LogP contribution in [0.15, 0.2) is 12.1 Å². The van der Waals surface area contributed by atoms with Gasteiger partial charge in [0.2, 0.25) is 0 Å². The molecule has 0 saturated carbocycles. The number of pyridine rings is 1. The quantitative estimate of drug-likeness (QED) is 0.539. The molecule has 8 heteroatoms. The van der Waals surface area contributed by atoms with Gasteiger partial charge in [-0.25, -0.2) is 4.98 Å². The summed E-state index contributed by atoms with van der Waals surface area (Å²) in [6.07, 6.45) is 3.67. The first kappa shape index (κ1) is 21.1. The second-order valence-electron chi connectivity index (χ2n) is 7.04. The second kappa shape index (κ2) is 10.3. The van der Waals surface area contributed by atoms with Crippen LogP contribution in [0.5, 0.6) is 11.5 Å². The summed E-state index contributed by atoms with van der Waals surface area (Å²) in [7, 11) is 3.58. The largest absolute Gasteiger partial charge is 0.493 e. The summed E-state index contributed by atoms with van der Waals surface area (Å²) in [6, 6.07) is 4.02. The zero-order chi connectivity index (χ0) is 20.6. The highest BCUT2D eigenvalue weighted by atomic mass is 16.5. The Morgan fingerprint density at radius 2 is 1.97 bits per heavy atom. The smallest absolute Gasteiger partial charge is 0.290 e. The first-order valence-electron chi connectivity index (χ1n) is 9.93. The first-order valence-corrected chi connectivity index (χ1v) is 9.93. The summed E-state index contributed by atoms with van der Waals surface area (Å²) in [5.41, 5.74) is 3.24. The van der Waals surface area contributed by atoms with Crippen molar-refractivity contribution in [2.75, 3.05) is 45.7 Å². The molecule has 1 aromatic heterocycles. The van der Waals surface area contributed by atoms with Crippen molar-refractivity contribution in [2.24, 2.45) is 0 Å². The lowest BCUT2D eigenvalue weighted by Gasteiger charge is -2.16. The zero-order valence-corrected chi connectivity index (χ0v) is 17.1. The number of hydrogen-bond acceptors (Lipinski definition) is 7. The summed E-state index contributed by atoms with van der Waals surface area (Å²) < 4.78 is 17.3. The fourth-order valence-corrected chi connectivity index (χ4v) is 3.91. The predicted molar refractivity (Wildman–Crippen MR) is 111 cm³/mol. The molecule has 0 spiro atoms. The molecule has 2 aliphatic heterocycles. The van der Waals surface area contributed by atoms with E-state index in [4.69, 9.17) is 29.1 Å². The van der Waals surface area contributed by atoms with Crippen LogP contribution in [0, 0.1) is 0 Å². The van der Waals surface area contributed by atoms with Gasteiger partial charge in [-0.15, -0.1) is 0 Å². The molecule has 2 aliphatic rings. The summed E-state index contributed by atoms with van der Waals surface area (Å²) >= 11 is 0. The van der Waals surface area contributed by atoms with Crippen molar-refractivity contribution in [1.82, 2.24) is 9.88 Å². The van der Waals surface area contributed by atoms with Crippen LogP contribution in [0.3, 0.4) is 0 Å². The van der Waals surface area contributed by atoms with Gasteiger partial charge < -0.3 is 29.5 Å². The third-order valence-electron chi connectivity index (χ3n) is 5.29. The number of hydrogen-bond donors (Lipinski definition) is 2. The minimum Gasteiger partial charge on any atom is -0.493 e. The number of nitrogens with zero attached hydrogens (tertiary/aromatic N) is 2. The van der Waals surface area contributed by atoms with Gasteiger partial charge in [0.25, 0.3) is 6.47 Å². The van der Waals surface area contributed by atoms with Crippen molar-refractivity contribution < 1.29 is 24.1 Å². The molecule has 1 fully saturated rings. The molecule has 0 atom stereocenters. The number of methoxy groups -OCH3 is 1. The Morgan fingerprint density at radius 3 is 2.66 bits per heavy atom. The van der Waals surface area contributed by atoms with Crippen LogP contribution in [0.25, 0.3) is 10.9 Å². The molecule has 0 amide bonds. The number of rotatable bonds is 7. The molecule has 0 unspecified atom stereocenters. The number of likely N-dealkylation sites (tertiary alicyclic amines) is 1. The number of carboxylic acid groups (broad SMARTS) is 1. The number of nitrogens with one attached hydrogen (secondary N) is 1. The van der Waals surface area contributed by atoms with Crippen molar-refractivity contribution in [3.8, 4) is 11.5 Å². The molecule has 8 nitrogen and oxygen atoms in total. The molecule has 2 N–H and O–H groups in total. The second-order valence-corrected chi connectivity index (χ2v) is 7.04. The average Bonchev–Trinajstić information content (AvgIpc) is 3.42. The Balaban J connectivity index is 0.000000755. The monoisotopic (exact) mass is 403 g/mol. The summed E-state index contributed by atoms with van der Waals surface area (Å²) in [4.78, 5) is 15.6. The van der Waals surface area contributed by atoms with Gasteiger partial charge in [-0.1, -0.05) is 0 Å². The number of benzene rings is 1. The highest BCUT2D eigenvalue weighted by Gasteiger charge is 2.21. The molecule has 29 heavy (non-hydrogen) atoms. The van der Waals surface area contributed by atoms with E-state index in [0.717, 1.165) is 46.7 Å². The lowest BCUT2D eigenvalue weighted by molar-refractivity contribution is -0.122. The maximum absolute atomic E-state index is 8.36. The molecule has 4 rings (SSSR count). The van der Waals surface area contributed by atoms with Crippen LogP contribution in [-0.4, -0.2) is 61.9 Å². The van der Waals surface area contributed by atoms with Crippen LogP contribution < -0.4 is 14.8 Å². The minimum atomic E-state index is -0.250. The molecule has 0 radical (unpaired) electrons. The first-order chi connectivity index (χ1) is 14.2. The summed E-state index contributed by atoms with van der Waals surface area (Å²) in [5, 5.41) is 11.2. The Labute approximate surface area is 170 Å². The van der Waals surface area contributed by atoms with E-state index in [1.54, 1.807) is 7.11 Å². The van der Waals surface area contributed by atoms with Gasteiger partial charge in [-0.3, -0.25) is 4.79 Å². The summed E-state index contributed by atoms with van der Waals surface area (Å²) in [5.74, 6) is 2.40.